The van der Waals surface area contributed by atoms with Gasteiger partial charge in [-0.25, -0.2) is 9.78 Å². The Bertz CT molecular complexity index is 668. The largest absolute Gasteiger partial charge is 0.478 e. The van der Waals surface area contributed by atoms with Gasteiger partial charge in [0.1, 0.15) is 11.3 Å². The fourth-order valence-electron chi connectivity index (χ4n) is 2.41. The zero-order valence-corrected chi connectivity index (χ0v) is 13.2. The van der Waals surface area contributed by atoms with Gasteiger partial charge in [-0.05, 0) is 19.1 Å². The average Bonchev–Trinajstić information content (AvgIpc) is 2.77. The van der Waals surface area contributed by atoms with E-state index in [9.17, 15) is 9.90 Å². The lowest BCUT2D eigenvalue weighted by Gasteiger charge is -2.22. The monoisotopic (exact) mass is 290 g/mol. The van der Waals surface area contributed by atoms with Gasteiger partial charge in [0, 0.05) is 12.5 Å². The first-order chi connectivity index (χ1) is 9.75. The van der Waals surface area contributed by atoms with Gasteiger partial charge in [0.2, 0.25) is 0 Å². The Kier molecular flexibility index (Phi) is 4.05. The lowest BCUT2D eigenvalue weighted by Crippen LogP contribution is -2.23. The van der Waals surface area contributed by atoms with E-state index in [0.29, 0.717) is 12.1 Å². The van der Waals surface area contributed by atoms with Crippen LogP contribution in [0.5, 0.6) is 0 Å². The van der Waals surface area contributed by atoms with Crippen molar-refractivity contribution in [3.8, 4) is 0 Å². The van der Waals surface area contributed by atoms with Gasteiger partial charge in [0.25, 0.3) is 0 Å². The van der Waals surface area contributed by atoms with E-state index >= 15 is 0 Å². The van der Waals surface area contributed by atoms with Crippen LogP contribution in [0.1, 0.15) is 43.9 Å². The molecule has 5 nitrogen and oxygen atoms in total. The summed E-state index contributed by atoms with van der Waals surface area (Å²) in [6.07, 6.45) is 0.0250. The SMILES string of the molecule is COC(C)Cn1c(C(C)(C)C)nc2c(C(=O)O)cccc21. The van der Waals surface area contributed by atoms with Crippen LogP contribution in [0.15, 0.2) is 18.2 Å². The van der Waals surface area contributed by atoms with Crippen molar-refractivity contribution in [3.05, 3.63) is 29.6 Å². The van der Waals surface area contributed by atoms with E-state index in [-0.39, 0.29) is 17.1 Å². The molecule has 1 aromatic heterocycles. The molecule has 0 saturated heterocycles. The number of imidazole rings is 1. The molecule has 0 fully saturated rings. The number of fused-ring (bicyclic) bond motifs is 1. The number of carboxylic acids is 1. The molecule has 0 aliphatic heterocycles. The first-order valence-corrected chi connectivity index (χ1v) is 7.01. The topological polar surface area (TPSA) is 64.4 Å². The molecule has 1 unspecified atom stereocenters. The van der Waals surface area contributed by atoms with Crippen LogP contribution in [0.2, 0.25) is 0 Å². The van der Waals surface area contributed by atoms with E-state index in [1.807, 2.05) is 13.0 Å². The molecule has 1 atom stereocenters. The van der Waals surface area contributed by atoms with Gasteiger partial charge in [-0.15, -0.1) is 0 Å². The second-order valence-electron chi connectivity index (χ2n) is 6.32. The Labute approximate surface area is 124 Å². The summed E-state index contributed by atoms with van der Waals surface area (Å²) in [5.41, 5.74) is 1.44. The van der Waals surface area contributed by atoms with Gasteiger partial charge in [-0.2, -0.15) is 0 Å². The molecule has 1 aromatic carbocycles. The number of benzene rings is 1. The van der Waals surface area contributed by atoms with E-state index in [1.54, 1.807) is 19.2 Å². The molecule has 2 aromatic rings. The first kappa shape index (κ1) is 15.5. The summed E-state index contributed by atoms with van der Waals surface area (Å²) in [4.78, 5) is 16.0. The summed E-state index contributed by atoms with van der Waals surface area (Å²) in [5.74, 6) is -0.0828. The molecule has 0 bridgehead atoms. The van der Waals surface area contributed by atoms with Crippen molar-refractivity contribution in [1.29, 1.82) is 0 Å². The number of carbonyl (C=O) groups is 1. The molecular formula is C16H22N2O3. The highest BCUT2D eigenvalue weighted by Crippen LogP contribution is 2.28. The van der Waals surface area contributed by atoms with Crippen LogP contribution in [0.3, 0.4) is 0 Å². The third kappa shape index (κ3) is 2.93. The van der Waals surface area contributed by atoms with E-state index in [0.717, 1.165) is 11.3 Å². The number of hydrogen-bond acceptors (Lipinski definition) is 3. The van der Waals surface area contributed by atoms with Crippen molar-refractivity contribution in [2.24, 2.45) is 0 Å². The Hall–Kier alpha value is -1.88. The summed E-state index contributed by atoms with van der Waals surface area (Å²) in [7, 11) is 1.67. The number of carboxylic acid groups (broad SMARTS) is 1. The van der Waals surface area contributed by atoms with E-state index < -0.39 is 5.97 Å². The maximum Gasteiger partial charge on any atom is 0.337 e. The van der Waals surface area contributed by atoms with Gasteiger partial charge in [0.15, 0.2) is 0 Å². The Morgan fingerprint density at radius 3 is 2.62 bits per heavy atom. The second kappa shape index (κ2) is 5.48. The maximum atomic E-state index is 11.4. The zero-order valence-electron chi connectivity index (χ0n) is 13.2. The van der Waals surface area contributed by atoms with Crippen LogP contribution < -0.4 is 0 Å². The number of nitrogens with zero attached hydrogens (tertiary/aromatic N) is 2. The number of rotatable bonds is 4. The van der Waals surface area contributed by atoms with Crippen molar-refractivity contribution >= 4 is 17.0 Å². The van der Waals surface area contributed by atoms with Crippen LogP contribution in [-0.2, 0) is 16.7 Å². The fraction of sp³-hybridized carbons (Fsp3) is 0.500. The molecule has 1 heterocycles. The normalized spacial score (nSPS) is 13.6. The zero-order chi connectivity index (χ0) is 15.8. The highest BCUT2D eigenvalue weighted by Gasteiger charge is 2.25. The van der Waals surface area contributed by atoms with Crippen molar-refractivity contribution in [3.63, 3.8) is 0 Å². The van der Waals surface area contributed by atoms with Crippen LogP contribution in [0, 0.1) is 0 Å². The minimum Gasteiger partial charge on any atom is -0.478 e. The van der Waals surface area contributed by atoms with Gasteiger partial charge in [0.05, 0.1) is 23.7 Å². The van der Waals surface area contributed by atoms with Crippen molar-refractivity contribution in [2.75, 3.05) is 7.11 Å². The van der Waals surface area contributed by atoms with Crippen LogP contribution in [0.4, 0.5) is 0 Å². The lowest BCUT2D eigenvalue weighted by atomic mass is 9.95. The quantitative estimate of drug-likeness (QED) is 0.940. The van der Waals surface area contributed by atoms with Crippen LogP contribution in [-0.4, -0.2) is 33.8 Å². The number of aromatic nitrogens is 2. The third-order valence-corrected chi connectivity index (χ3v) is 3.52. The van der Waals surface area contributed by atoms with Gasteiger partial charge >= 0.3 is 5.97 Å². The van der Waals surface area contributed by atoms with Gasteiger partial charge < -0.3 is 14.4 Å². The maximum absolute atomic E-state index is 11.4. The van der Waals surface area contributed by atoms with Gasteiger partial charge in [-0.1, -0.05) is 26.8 Å². The smallest absolute Gasteiger partial charge is 0.337 e. The number of methoxy groups -OCH3 is 1. The third-order valence-electron chi connectivity index (χ3n) is 3.52. The molecule has 2 rings (SSSR count). The summed E-state index contributed by atoms with van der Waals surface area (Å²) in [6, 6.07) is 5.26. The molecule has 114 valence electrons. The number of hydrogen-bond donors (Lipinski definition) is 1. The Balaban J connectivity index is 2.73. The number of para-hydroxylation sites is 1. The fourth-order valence-corrected chi connectivity index (χ4v) is 2.41. The molecule has 1 N–H and O–H groups in total. The molecule has 21 heavy (non-hydrogen) atoms. The number of ether oxygens (including phenoxy) is 1. The van der Waals surface area contributed by atoms with Gasteiger partial charge in [-0.3, -0.25) is 0 Å². The van der Waals surface area contributed by atoms with Crippen LogP contribution in [0.25, 0.3) is 11.0 Å². The van der Waals surface area contributed by atoms with Crippen molar-refractivity contribution in [1.82, 2.24) is 9.55 Å². The van der Waals surface area contributed by atoms with Crippen molar-refractivity contribution in [2.45, 2.75) is 45.8 Å². The minimum atomic E-state index is -0.953. The van der Waals surface area contributed by atoms with E-state index in [1.165, 1.54) is 0 Å². The molecule has 0 saturated carbocycles. The molecule has 5 heteroatoms. The number of aromatic carboxylic acids is 1. The molecule has 0 amide bonds. The van der Waals surface area contributed by atoms with Crippen LogP contribution >= 0.6 is 0 Å². The highest BCUT2D eigenvalue weighted by molar-refractivity contribution is 6.01. The molecule has 0 aliphatic carbocycles. The second-order valence-corrected chi connectivity index (χ2v) is 6.32. The van der Waals surface area contributed by atoms with E-state index in [4.69, 9.17) is 4.74 Å². The summed E-state index contributed by atoms with van der Waals surface area (Å²) in [5, 5.41) is 9.34. The molecule has 0 aliphatic rings. The molecule has 0 spiro atoms. The summed E-state index contributed by atoms with van der Waals surface area (Å²) < 4.78 is 7.42. The molecule has 0 radical (unpaired) electrons. The standard InChI is InChI=1S/C16H22N2O3/c1-10(21-5)9-18-12-8-6-7-11(14(19)20)13(12)17-15(18)16(2,3)4/h6-8,10H,9H2,1-5H3,(H,19,20). The predicted molar refractivity (Wildman–Crippen MR) is 81.9 cm³/mol. The summed E-state index contributed by atoms with van der Waals surface area (Å²) in [6.45, 7) is 8.84. The summed E-state index contributed by atoms with van der Waals surface area (Å²) >= 11 is 0. The average molecular weight is 290 g/mol. The lowest BCUT2D eigenvalue weighted by molar-refractivity contribution is 0.0699. The van der Waals surface area contributed by atoms with E-state index in [2.05, 4.69) is 30.3 Å². The Morgan fingerprint density at radius 2 is 2.10 bits per heavy atom. The molecular weight excluding hydrogens is 268 g/mol. The predicted octanol–water partition coefficient (Wildman–Crippen LogP) is 3.07. The minimum absolute atomic E-state index is 0.0250. The van der Waals surface area contributed by atoms with Crippen molar-refractivity contribution < 1.29 is 14.6 Å². The highest BCUT2D eigenvalue weighted by atomic mass is 16.5. The Morgan fingerprint density at radius 1 is 1.43 bits per heavy atom. The first-order valence-electron chi connectivity index (χ1n) is 7.01.